The first-order valence-electron chi connectivity index (χ1n) is 7.69. The highest BCUT2D eigenvalue weighted by Crippen LogP contribution is 2.36. The van der Waals surface area contributed by atoms with Crippen molar-refractivity contribution in [2.24, 2.45) is 5.92 Å². The Morgan fingerprint density at radius 3 is 2.55 bits per heavy atom. The number of anilines is 2. The second-order valence-corrected chi connectivity index (χ2v) is 5.53. The molecule has 6 nitrogen and oxygen atoms in total. The first kappa shape index (κ1) is 13.4. The van der Waals surface area contributed by atoms with E-state index in [1.165, 1.54) is 25.7 Å². The first-order valence-corrected chi connectivity index (χ1v) is 7.69. The van der Waals surface area contributed by atoms with Gasteiger partial charge in [0.25, 0.3) is 0 Å². The molecule has 3 rings (SSSR count). The summed E-state index contributed by atoms with van der Waals surface area (Å²) >= 11 is 0. The summed E-state index contributed by atoms with van der Waals surface area (Å²) in [6, 6.07) is 1.04. The second-order valence-electron chi connectivity index (χ2n) is 5.53. The van der Waals surface area contributed by atoms with Crippen molar-refractivity contribution in [1.29, 1.82) is 0 Å². The maximum Gasteiger partial charge on any atom is 0.323 e. The van der Waals surface area contributed by atoms with Crippen LogP contribution in [-0.2, 0) is 0 Å². The van der Waals surface area contributed by atoms with Crippen molar-refractivity contribution in [3.8, 4) is 6.01 Å². The molecule has 2 aliphatic rings. The molecule has 1 aromatic rings. The average molecular weight is 277 g/mol. The molecule has 0 aromatic carbocycles. The van der Waals surface area contributed by atoms with Gasteiger partial charge in [-0.05, 0) is 45.4 Å². The Kier molecular flexibility index (Phi) is 3.89. The van der Waals surface area contributed by atoms with E-state index in [2.05, 4.69) is 25.2 Å². The molecule has 0 amide bonds. The molecule has 1 aromatic heterocycles. The van der Waals surface area contributed by atoms with Gasteiger partial charge in [-0.2, -0.15) is 15.0 Å². The van der Waals surface area contributed by atoms with Crippen LogP contribution in [-0.4, -0.2) is 40.7 Å². The first-order chi connectivity index (χ1) is 9.80. The summed E-state index contributed by atoms with van der Waals surface area (Å²) in [7, 11) is 0. The summed E-state index contributed by atoms with van der Waals surface area (Å²) in [6.07, 6.45) is 5.18. The minimum atomic E-state index is 0.426. The number of hydrogen-bond donors (Lipinski definition) is 1. The van der Waals surface area contributed by atoms with Gasteiger partial charge in [0.1, 0.15) is 0 Å². The molecule has 0 spiro atoms. The van der Waals surface area contributed by atoms with Crippen LogP contribution >= 0.6 is 0 Å². The summed E-state index contributed by atoms with van der Waals surface area (Å²) in [5.74, 6) is 2.21. The van der Waals surface area contributed by atoms with Crippen LogP contribution < -0.4 is 15.0 Å². The molecule has 6 heteroatoms. The average Bonchev–Trinajstić information content (AvgIpc) is 3.29. The molecular weight excluding hydrogens is 254 g/mol. The quantitative estimate of drug-likeness (QED) is 0.785. The van der Waals surface area contributed by atoms with E-state index in [-0.39, 0.29) is 0 Å². The van der Waals surface area contributed by atoms with E-state index in [4.69, 9.17) is 4.74 Å². The van der Waals surface area contributed by atoms with E-state index in [0.717, 1.165) is 25.0 Å². The van der Waals surface area contributed by atoms with Crippen LogP contribution in [0.15, 0.2) is 0 Å². The SMILES string of the molecule is CCNc1nc(OCC)nc(N(CC2CC2)C2CC2)n1. The summed E-state index contributed by atoms with van der Waals surface area (Å²) in [4.78, 5) is 15.7. The fourth-order valence-corrected chi connectivity index (χ4v) is 2.26. The molecule has 0 radical (unpaired) electrons. The van der Waals surface area contributed by atoms with Crippen LogP contribution in [0, 0.1) is 5.92 Å². The van der Waals surface area contributed by atoms with E-state index in [0.29, 0.717) is 24.6 Å². The van der Waals surface area contributed by atoms with Crippen molar-refractivity contribution in [2.45, 2.75) is 45.6 Å². The van der Waals surface area contributed by atoms with Gasteiger partial charge in [-0.3, -0.25) is 0 Å². The van der Waals surface area contributed by atoms with E-state index < -0.39 is 0 Å². The van der Waals surface area contributed by atoms with Crippen molar-refractivity contribution < 1.29 is 4.74 Å². The van der Waals surface area contributed by atoms with Gasteiger partial charge in [-0.15, -0.1) is 0 Å². The highest BCUT2D eigenvalue weighted by Gasteiger charge is 2.35. The number of nitrogens with one attached hydrogen (secondary N) is 1. The van der Waals surface area contributed by atoms with Crippen molar-refractivity contribution in [3.63, 3.8) is 0 Å². The van der Waals surface area contributed by atoms with Gasteiger partial charge < -0.3 is 15.0 Å². The molecule has 2 saturated carbocycles. The smallest absolute Gasteiger partial charge is 0.323 e. The maximum absolute atomic E-state index is 5.48. The molecule has 1 N–H and O–H groups in total. The van der Waals surface area contributed by atoms with Gasteiger partial charge in [-0.25, -0.2) is 0 Å². The van der Waals surface area contributed by atoms with E-state index >= 15 is 0 Å². The number of ether oxygens (including phenoxy) is 1. The number of nitrogens with zero attached hydrogens (tertiary/aromatic N) is 4. The predicted molar refractivity (Wildman–Crippen MR) is 78.3 cm³/mol. The fourth-order valence-electron chi connectivity index (χ4n) is 2.26. The molecule has 0 saturated heterocycles. The highest BCUT2D eigenvalue weighted by molar-refractivity contribution is 5.41. The van der Waals surface area contributed by atoms with Crippen molar-refractivity contribution in [3.05, 3.63) is 0 Å². The second kappa shape index (κ2) is 5.81. The minimum Gasteiger partial charge on any atom is -0.464 e. The van der Waals surface area contributed by atoms with E-state index in [9.17, 15) is 0 Å². The molecule has 0 aliphatic heterocycles. The highest BCUT2D eigenvalue weighted by atomic mass is 16.5. The Labute approximate surface area is 120 Å². The van der Waals surface area contributed by atoms with Crippen molar-refractivity contribution in [2.75, 3.05) is 29.9 Å². The molecular formula is C14H23N5O. The van der Waals surface area contributed by atoms with Crippen LogP contribution in [0.2, 0.25) is 0 Å². The molecule has 1 heterocycles. The molecule has 110 valence electrons. The van der Waals surface area contributed by atoms with Gasteiger partial charge in [0.15, 0.2) is 0 Å². The molecule has 0 unspecified atom stereocenters. The normalized spacial score (nSPS) is 17.9. The lowest BCUT2D eigenvalue weighted by Gasteiger charge is -2.22. The molecule has 0 bridgehead atoms. The zero-order chi connectivity index (χ0) is 13.9. The Morgan fingerprint density at radius 1 is 1.15 bits per heavy atom. The van der Waals surface area contributed by atoms with Crippen LogP contribution in [0.4, 0.5) is 11.9 Å². The lowest BCUT2D eigenvalue weighted by Crippen LogP contribution is -2.30. The van der Waals surface area contributed by atoms with Gasteiger partial charge in [-0.1, -0.05) is 0 Å². The lowest BCUT2D eigenvalue weighted by molar-refractivity contribution is 0.312. The Bertz CT molecular complexity index is 435. The largest absolute Gasteiger partial charge is 0.464 e. The molecule has 2 aliphatic carbocycles. The predicted octanol–water partition coefficient (Wildman–Crippen LogP) is 2.08. The summed E-state index contributed by atoms with van der Waals surface area (Å²) < 4.78 is 5.48. The van der Waals surface area contributed by atoms with E-state index in [1.54, 1.807) is 0 Å². The fraction of sp³-hybridized carbons (Fsp3) is 0.786. The van der Waals surface area contributed by atoms with Crippen LogP contribution in [0.1, 0.15) is 39.5 Å². The molecule has 0 atom stereocenters. The zero-order valence-corrected chi connectivity index (χ0v) is 12.3. The third kappa shape index (κ3) is 3.29. The summed E-state index contributed by atoms with van der Waals surface area (Å²) in [5, 5.41) is 3.16. The van der Waals surface area contributed by atoms with Crippen LogP contribution in [0.3, 0.4) is 0 Å². The topological polar surface area (TPSA) is 63.2 Å². The number of hydrogen-bond acceptors (Lipinski definition) is 6. The Morgan fingerprint density at radius 2 is 1.95 bits per heavy atom. The minimum absolute atomic E-state index is 0.426. The summed E-state index contributed by atoms with van der Waals surface area (Å²) in [5.41, 5.74) is 0. The number of rotatable bonds is 8. The van der Waals surface area contributed by atoms with Crippen molar-refractivity contribution in [1.82, 2.24) is 15.0 Å². The molecule has 2 fully saturated rings. The Hall–Kier alpha value is -1.59. The van der Waals surface area contributed by atoms with E-state index in [1.807, 2.05) is 13.8 Å². The van der Waals surface area contributed by atoms with Gasteiger partial charge in [0.2, 0.25) is 11.9 Å². The van der Waals surface area contributed by atoms with Gasteiger partial charge in [0, 0.05) is 19.1 Å². The third-order valence-electron chi connectivity index (χ3n) is 3.61. The zero-order valence-electron chi connectivity index (χ0n) is 12.3. The number of aromatic nitrogens is 3. The molecule has 20 heavy (non-hydrogen) atoms. The van der Waals surface area contributed by atoms with Gasteiger partial charge >= 0.3 is 6.01 Å². The monoisotopic (exact) mass is 277 g/mol. The maximum atomic E-state index is 5.48. The lowest BCUT2D eigenvalue weighted by atomic mass is 10.3. The van der Waals surface area contributed by atoms with Crippen LogP contribution in [0.25, 0.3) is 0 Å². The van der Waals surface area contributed by atoms with Crippen LogP contribution in [0.5, 0.6) is 6.01 Å². The van der Waals surface area contributed by atoms with Crippen molar-refractivity contribution >= 4 is 11.9 Å². The third-order valence-corrected chi connectivity index (χ3v) is 3.61. The van der Waals surface area contributed by atoms with Gasteiger partial charge in [0.05, 0.1) is 6.61 Å². The summed E-state index contributed by atoms with van der Waals surface area (Å²) in [6.45, 7) is 6.42. The Balaban J connectivity index is 1.83. The standard InChI is InChI=1S/C14H23N5O/c1-3-15-12-16-13(18-14(17-12)20-4-2)19(11-7-8-11)9-10-5-6-10/h10-11H,3-9H2,1-2H3,(H,15,16,17,18).